The van der Waals surface area contributed by atoms with Gasteiger partial charge < -0.3 is 10.0 Å². The summed E-state index contributed by atoms with van der Waals surface area (Å²) in [4.78, 5) is 13.3. The van der Waals surface area contributed by atoms with E-state index < -0.39 is 39.1 Å². The van der Waals surface area contributed by atoms with Crippen LogP contribution in [0.2, 0.25) is 0 Å². The molecule has 122 valence electrons. The fraction of sp³-hybridized carbons (Fsp3) is 0.417. The smallest absolute Gasteiger partial charge is 0.279 e. The van der Waals surface area contributed by atoms with Gasteiger partial charge in [-0.2, -0.15) is 12.7 Å². The molecule has 7 nitrogen and oxygen atoms in total. The Balaban J connectivity index is 2.16. The highest BCUT2D eigenvalue weighted by molar-refractivity contribution is 7.87. The predicted molar refractivity (Wildman–Crippen MR) is 73.5 cm³/mol. The second-order valence-electron chi connectivity index (χ2n) is 4.66. The highest BCUT2D eigenvalue weighted by atomic mass is 32.2. The van der Waals surface area contributed by atoms with Gasteiger partial charge in [0.05, 0.1) is 0 Å². The number of benzene rings is 1. The molecule has 10 heteroatoms. The number of amides is 1. The molecule has 2 N–H and O–H groups in total. The molecule has 1 aromatic rings. The lowest BCUT2D eigenvalue weighted by Gasteiger charge is -2.33. The van der Waals surface area contributed by atoms with Crippen molar-refractivity contribution in [2.75, 3.05) is 33.2 Å². The summed E-state index contributed by atoms with van der Waals surface area (Å²) in [6.07, 6.45) is 0. The second kappa shape index (κ2) is 6.15. The normalized spacial score (nSPS) is 16.8. The molecule has 1 aliphatic rings. The minimum atomic E-state index is -3.60. The summed E-state index contributed by atoms with van der Waals surface area (Å²) in [6, 6.07) is 1.62. The predicted octanol–water partition coefficient (Wildman–Crippen LogP) is -0.108. The summed E-state index contributed by atoms with van der Waals surface area (Å²) in [5.74, 6) is -4.14. The van der Waals surface area contributed by atoms with Crippen molar-refractivity contribution in [1.29, 1.82) is 0 Å². The van der Waals surface area contributed by atoms with Crippen molar-refractivity contribution in [2.24, 2.45) is 0 Å². The average molecular weight is 335 g/mol. The zero-order valence-corrected chi connectivity index (χ0v) is 12.5. The number of phenols is 1. The Morgan fingerprint density at radius 2 is 1.82 bits per heavy atom. The van der Waals surface area contributed by atoms with E-state index in [9.17, 15) is 27.1 Å². The first kappa shape index (κ1) is 16.6. The third-order valence-electron chi connectivity index (χ3n) is 3.41. The van der Waals surface area contributed by atoms with Crippen molar-refractivity contribution in [1.82, 2.24) is 13.9 Å². The first-order valence-corrected chi connectivity index (χ1v) is 7.86. The van der Waals surface area contributed by atoms with Gasteiger partial charge in [-0.15, -0.1) is 0 Å². The van der Waals surface area contributed by atoms with E-state index in [0.717, 1.165) is 21.3 Å². The maximum Gasteiger partial charge on any atom is 0.279 e. The molecule has 0 atom stereocenters. The summed E-state index contributed by atoms with van der Waals surface area (Å²) >= 11 is 0. The molecule has 2 rings (SSSR count). The van der Waals surface area contributed by atoms with Crippen molar-refractivity contribution in [3.05, 3.63) is 29.3 Å². The Morgan fingerprint density at radius 1 is 1.23 bits per heavy atom. The number of phenolic OH excluding ortho intramolecular Hbond substituents is 1. The van der Waals surface area contributed by atoms with E-state index in [1.165, 1.54) is 7.05 Å². The zero-order chi connectivity index (χ0) is 16.5. The number of halogens is 2. The largest absolute Gasteiger partial charge is 0.505 e. The number of piperazine rings is 1. The van der Waals surface area contributed by atoms with Crippen LogP contribution in [0, 0.1) is 11.6 Å². The molecule has 0 unspecified atom stereocenters. The molecule has 0 radical (unpaired) electrons. The second-order valence-corrected chi connectivity index (χ2v) is 6.53. The number of nitrogens with one attached hydrogen (secondary N) is 1. The van der Waals surface area contributed by atoms with Crippen LogP contribution in [0.25, 0.3) is 0 Å². The van der Waals surface area contributed by atoms with Gasteiger partial charge in [-0.1, -0.05) is 0 Å². The molecule has 0 saturated carbocycles. The van der Waals surface area contributed by atoms with Crippen LogP contribution in [0.5, 0.6) is 5.75 Å². The summed E-state index contributed by atoms with van der Waals surface area (Å²) in [5.41, 5.74) is -0.843. The maximum atomic E-state index is 13.7. The fourth-order valence-electron chi connectivity index (χ4n) is 2.16. The van der Waals surface area contributed by atoms with Crippen LogP contribution in [0.4, 0.5) is 8.78 Å². The van der Waals surface area contributed by atoms with Crippen molar-refractivity contribution < 1.29 is 27.1 Å². The number of rotatable bonds is 3. The quantitative estimate of drug-likeness (QED) is 0.807. The lowest BCUT2D eigenvalue weighted by atomic mass is 10.1. The van der Waals surface area contributed by atoms with Gasteiger partial charge in [0.1, 0.15) is 11.4 Å². The molecule has 1 aliphatic heterocycles. The molecule has 1 saturated heterocycles. The number of carbonyl (C=O) groups is 1. The van der Waals surface area contributed by atoms with Crippen LogP contribution < -0.4 is 4.72 Å². The minimum absolute atomic E-state index is 0.00568. The van der Waals surface area contributed by atoms with Crippen LogP contribution in [0.15, 0.2) is 12.1 Å². The van der Waals surface area contributed by atoms with Crippen LogP contribution in [0.3, 0.4) is 0 Å². The van der Waals surface area contributed by atoms with E-state index in [2.05, 4.69) is 4.72 Å². The Labute approximate surface area is 126 Å². The fourth-order valence-corrected chi connectivity index (χ4v) is 3.06. The van der Waals surface area contributed by atoms with Gasteiger partial charge in [-0.25, -0.2) is 13.5 Å². The van der Waals surface area contributed by atoms with E-state index in [-0.39, 0.29) is 26.2 Å². The highest BCUT2D eigenvalue weighted by Crippen LogP contribution is 2.23. The maximum absolute atomic E-state index is 13.7. The van der Waals surface area contributed by atoms with Gasteiger partial charge in [0.15, 0.2) is 11.6 Å². The third-order valence-corrected chi connectivity index (χ3v) is 4.97. The van der Waals surface area contributed by atoms with Crippen LogP contribution in [0.1, 0.15) is 10.4 Å². The van der Waals surface area contributed by atoms with E-state index in [4.69, 9.17) is 0 Å². The SMILES string of the molecule is CNS(=O)(=O)N1CCN(C(=O)c2c(F)ccc(O)c2F)CC1. The number of hydrogen-bond acceptors (Lipinski definition) is 4. The number of nitrogens with zero attached hydrogens (tertiary/aromatic N) is 2. The van der Waals surface area contributed by atoms with Gasteiger partial charge in [0, 0.05) is 33.2 Å². The summed E-state index contributed by atoms with van der Waals surface area (Å²) in [7, 11) is -2.33. The van der Waals surface area contributed by atoms with Crippen LogP contribution in [-0.2, 0) is 10.2 Å². The van der Waals surface area contributed by atoms with Gasteiger partial charge in [-0.3, -0.25) is 4.79 Å². The standard InChI is InChI=1S/C12H15F2N3O4S/c1-15-22(20,21)17-6-4-16(5-7-17)12(19)10-8(13)2-3-9(18)11(10)14/h2-3,15,18H,4-7H2,1H3. The number of hydrogen-bond donors (Lipinski definition) is 2. The molecule has 1 heterocycles. The number of aromatic hydroxyl groups is 1. The van der Waals surface area contributed by atoms with Gasteiger partial charge in [0.2, 0.25) is 0 Å². The van der Waals surface area contributed by atoms with E-state index in [1.54, 1.807) is 0 Å². The molecular weight excluding hydrogens is 320 g/mol. The highest BCUT2D eigenvalue weighted by Gasteiger charge is 2.31. The number of carbonyl (C=O) groups excluding carboxylic acids is 1. The summed E-state index contributed by atoms with van der Waals surface area (Å²) in [5, 5.41) is 9.24. The molecule has 22 heavy (non-hydrogen) atoms. The first-order valence-electron chi connectivity index (χ1n) is 6.42. The van der Waals surface area contributed by atoms with Crippen molar-refractivity contribution >= 4 is 16.1 Å². The summed E-state index contributed by atoms with van der Waals surface area (Å²) in [6.45, 7) is 0.0104. The molecule has 1 fully saturated rings. The van der Waals surface area contributed by atoms with E-state index in [0.29, 0.717) is 0 Å². The van der Waals surface area contributed by atoms with Crippen molar-refractivity contribution in [2.45, 2.75) is 0 Å². The van der Waals surface area contributed by atoms with E-state index >= 15 is 0 Å². The van der Waals surface area contributed by atoms with Crippen molar-refractivity contribution in [3.8, 4) is 5.75 Å². The van der Waals surface area contributed by atoms with Gasteiger partial charge >= 0.3 is 0 Å². The Bertz CT molecular complexity index is 688. The first-order chi connectivity index (χ1) is 10.3. The van der Waals surface area contributed by atoms with Gasteiger partial charge in [-0.05, 0) is 12.1 Å². The lowest BCUT2D eigenvalue weighted by molar-refractivity contribution is 0.0686. The summed E-state index contributed by atoms with van der Waals surface area (Å²) < 4.78 is 53.9. The molecule has 1 amide bonds. The average Bonchev–Trinajstić information content (AvgIpc) is 2.51. The molecule has 0 aromatic heterocycles. The van der Waals surface area contributed by atoms with Crippen LogP contribution >= 0.6 is 0 Å². The van der Waals surface area contributed by atoms with E-state index in [1.807, 2.05) is 0 Å². The molecule has 0 aliphatic carbocycles. The Hall–Kier alpha value is -1.78. The third kappa shape index (κ3) is 3.03. The topological polar surface area (TPSA) is 90.0 Å². The van der Waals surface area contributed by atoms with Gasteiger partial charge in [0.25, 0.3) is 16.1 Å². The van der Waals surface area contributed by atoms with Crippen LogP contribution in [-0.4, -0.2) is 61.9 Å². The Kier molecular flexibility index (Phi) is 4.63. The molecule has 1 aromatic carbocycles. The van der Waals surface area contributed by atoms with Crippen molar-refractivity contribution in [3.63, 3.8) is 0 Å². The molecular formula is C12H15F2N3O4S. The Morgan fingerprint density at radius 3 is 2.36 bits per heavy atom. The molecule has 0 bridgehead atoms. The lowest BCUT2D eigenvalue weighted by Crippen LogP contribution is -2.53. The zero-order valence-electron chi connectivity index (χ0n) is 11.7. The minimum Gasteiger partial charge on any atom is -0.505 e. The molecule has 0 spiro atoms. The monoisotopic (exact) mass is 335 g/mol.